The van der Waals surface area contributed by atoms with Crippen LogP contribution in [0.5, 0.6) is 0 Å². The van der Waals surface area contributed by atoms with Crippen LogP contribution in [-0.2, 0) is 13.1 Å². The zero-order valence-corrected chi connectivity index (χ0v) is 18.3. The molecule has 0 radical (unpaired) electrons. The summed E-state index contributed by atoms with van der Waals surface area (Å²) in [6.45, 7) is 7.46. The molecule has 0 unspecified atom stereocenters. The van der Waals surface area contributed by atoms with Crippen LogP contribution < -0.4 is 4.90 Å². The molecule has 2 aromatic rings. The van der Waals surface area contributed by atoms with E-state index in [1.54, 1.807) is 0 Å². The lowest BCUT2D eigenvalue weighted by Gasteiger charge is -2.35. The van der Waals surface area contributed by atoms with Crippen molar-refractivity contribution in [1.29, 1.82) is 5.26 Å². The Morgan fingerprint density at radius 3 is 2.13 bits per heavy atom. The van der Waals surface area contributed by atoms with E-state index in [0.717, 1.165) is 74.7 Å². The molecule has 1 aliphatic rings. The summed E-state index contributed by atoms with van der Waals surface area (Å²) in [5.74, 6) is -0.188. The van der Waals surface area contributed by atoms with E-state index in [1.165, 1.54) is 12.1 Å². The molecule has 0 atom stereocenters. The second-order valence-corrected chi connectivity index (χ2v) is 8.36. The van der Waals surface area contributed by atoms with Crippen molar-refractivity contribution in [2.75, 3.05) is 65.3 Å². The molecule has 3 rings (SSSR count). The molecule has 0 bridgehead atoms. The molecule has 0 saturated carbocycles. The van der Waals surface area contributed by atoms with Gasteiger partial charge >= 0.3 is 0 Å². The van der Waals surface area contributed by atoms with E-state index in [2.05, 4.69) is 52.9 Å². The molecule has 0 aromatic heterocycles. The summed E-state index contributed by atoms with van der Waals surface area (Å²) in [5, 5.41) is 9.56. The van der Waals surface area contributed by atoms with Gasteiger partial charge in [-0.1, -0.05) is 12.1 Å². The Balaban J connectivity index is 1.57. The summed E-state index contributed by atoms with van der Waals surface area (Å²) in [7, 11) is 6.25. The molecule has 160 valence electrons. The highest BCUT2D eigenvalue weighted by Gasteiger charge is 2.19. The Morgan fingerprint density at radius 1 is 0.900 bits per heavy atom. The van der Waals surface area contributed by atoms with Crippen LogP contribution in [0.15, 0.2) is 42.5 Å². The molecule has 1 aliphatic heterocycles. The van der Waals surface area contributed by atoms with Crippen molar-refractivity contribution in [3.05, 3.63) is 65.0 Å². The van der Waals surface area contributed by atoms with E-state index in [4.69, 9.17) is 0 Å². The fourth-order valence-electron chi connectivity index (χ4n) is 3.73. The highest BCUT2D eigenvalue weighted by atomic mass is 19.1. The number of halogens is 1. The first kappa shape index (κ1) is 22.2. The van der Waals surface area contributed by atoms with Gasteiger partial charge in [0.25, 0.3) is 0 Å². The molecule has 6 heteroatoms. The van der Waals surface area contributed by atoms with Crippen LogP contribution in [0.25, 0.3) is 0 Å². The van der Waals surface area contributed by atoms with Gasteiger partial charge in [-0.3, -0.25) is 9.80 Å². The maximum atomic E-state index is 13.1. The Bertz CT molecular complexity index is 851. The van der Waals surface area contributed by atoms with Crippen molar-refractivity contribution in [2.45, 2.75) is 13.1 Å². The third kappa shape index (κ3) is 6.27. The third-order valence-corrected chi connectivity index (χ3v) is 5.71. The maximum absolute atomic E-state index is 13.1. The minimum Gasteiger partial charge on any atom is -0.373 e. The van der Waals surface area contributed by atoms with Crippen LogP contribution in [0.1, 0.15) is 16.7 Å². The third-order valence-electron chi connectivity index (χ3n) is 5.71. The highest BCUT2D eigenvalue weighted by molar-refractivity contribution is 5.53. The predicted octanol–water partition coefficient (Wildman–Crippen LogP) is 3.01. The number of anilines is 1. The maximum Gasteiger partial charge on any atom is 0.123 e. The van der Waals surface area contributed by atoms with E-state index in [9.17, 15) is 9.65 Å². The average molecular weight is 410 g/mol. The van der Waals surface area contributed by atoms with Crippen LogP contribution in [-0.4, -0.2) is 75.1 Å². The number of nitrogens with zero attached hydrogens (tertiary/aromatic N) is 5. The number of rotatable bonds is 8. The highest BCUT2D eigenvalue weighted by Crippen LogP contribution is 2.21. The van der Waals surface area contributed by atoms with E-state index < -0.39 is 0 Å². The molecular weight excluding hydrogens is 377 g/mol. The summed E-state index contributed by atoms with van der Waals surface area (Å²) in [5.41, 5.74) is 4.15. The normalized spacial score (nSPS) is 15.3. The zero-order chi connectivity index (χ0) is 21.5. The number of likely N-dealkylation sites (N-methyl/N-ethyl adjacent to an activating group) is 2. The van der Waals surface area contributed by atoms with Gasteiger partial charge in [0, 0.05) is 65.1 Å². The van der Waals surface area contributed by atoms with Gasteiger partial charge in [-0.2, -0.15) is 5.26 Å². The standard InChI is InChI=1S/C24H32FN5/c1-27(2)10-11-28(3)24-9-6-21(17-26)22(16-24)19-30-14-12-29(13-15-30)18-20-4-7-23(25)8-5-20/h4-9,16H,10-15,18-19H2,1-3H3. The van der Waals surface area contributed by atoms with Gasteiger partial charge in [0.1, 0.15) is 5.82 Å². The molecule has 1 heterocycles. The molecule has 2 aromatic carbocycles. The fraction of sp³-hybridized carbons (Fsp3) is 0.458. The van der Waals surface area contributed by atoms with E-state index in [0.29, 0.717) is 0 Å². The first-order valence-electron chi connectivity index (χ1n) is 10.5. The van der Waals surface area contributed by atoms with Crippen LogP contribution in [0, 0.1) is 17.1 Å². The van der Waals surface area contributed by atoms with Crippen molar-refractivity contribution in [2.24, 2.45) is 0 Å². The second kappa shape index (κ2) is 10.5. The van der Waals surface area contributed by atoms with E-state index >= 15 is 0 Å². The Labute approximate surface area is 179 Å². The molecular formula is C24H32FN5. The molecule has 0 amide bonds. The molecule has 0 aliphatic carbocycles. The van der Waals surface area contributed by atoms with E-state index in [-0.39, 0.29) is 5.82 Å². The summed E-state index contributed by atoms with van der Waals surface area (Å²) >= 11 is 0. The van der Waals surface area contributed by atoms with Crippen LogP contribution in [0.2, 0.25) is 0 Å². The molecule has 0 spiro atoms. The number of benzene rings is 2. The number of piperazine rings is 1. The van der Waals surface area contributed by atoms with Crippen molar-refractivity contribution in [3.8, 4) is 6.07 Å². The topological polar surface area (TPSA) is 36.8 Å². The quantitative estimate of drug-likeness (QED) is 0.670. The Morgan fingerprint density at radius 2 is 1.53 bits per heavy atom. The SMILES string of the molecule is CN(C)CCN(C)c1ccc(C#N)c(CN2CCN(Cc3ccc(F)cc3)CC2)c1. The molecule has 1 fully saturated rings. The van der Waals surface area contributed by atoms with Gasteiger partial charge in [0.2, 0.25) is 0 Å². The summed E-state index contributed by atoms with van der Waals surface area (Å²) in [6.07, 6.45) is 0. The smallest absolute Gasteiger partial charge is 0.123 e. The van der Waals surface area contributed by atoms with Crippen LogP contribution in [0.3, 0.4) is 0 Å². The number of hydrogen-bond donors (Lipinski definition) is 0. The Kier molecular flexibility index (Phi) is 7.81. The fourth-order valence-corrected chi connectivity index (χ4v) is 3.73. The largest absolute Gasteiger partial charge is 0.373 e. The van der Waals surface area contributed by atoms with Gasteiger partial charge < -0.3 is 9.80 Å². The Hall–Kier alpha value is -2.46. The molecule has 0 N–H and O–H groups in total. The van der Waals surface area contributed by atoms with Crippen LogP contribution in [0.4, 0.5) is 10.1 Å². The van der Waals surface area contributed by atoms with Gasteiger partial charge in [-0.05, 0) is 55.6 Å². The first-order valence-corrected chi connectivity index (χ1v) is 10.5. The lowest BCUT2D eigenvalue weighted by molar-refractivity contribution is 0.122. The van der Waals surface area contributed by atoms with Crippen molar-refractivity contribution >= 4 is 5.69 Å². The molecule has 30 heavy (non-hydrogen) atoms. The average Bonchev–Trinajstić information content (AvgIpc) is 2.75. The summed E-state index contributed by atoms with van der Waals surface area (Å²) in [6, 6.07) is 15.3. The monoisotopic (exact) mass is 409 g/mol. The second-order valence-electron chi connectivity index (χ2n) is 8.36. The number of hydrogen-bond acceptors (Lipinski definition) is 5. The van der Waals surface area contributed by atoms with Crippen LogP contribution >= 0.6 is 0 Å². The summed E-state index contributed by atoms with van der Waals surface area (Å²) in [4.78, 5) is 9.24. The van der Waals surface area contributed by atoms with E-state index in [1.807, 2.05) is 24.3 Å². The lowest BCUT2D eigenvalue weighted by Crippen LogP contribution is -2.45. The van der Waals surface area contributed by atoms with Gasteiger partial charge in [0.15, 0.2) is 0 Å². The minimum atomic E-state index is -0.188. The first-order chi connectivity index (χ1) is 14.4. The number of nitriles is 1. The van der Waals surface area contributed by atoms with Gasteiger partial charge in [-0.15, -0.1) is 0 Å². The zero-order valence-electron chi connectivity index (χ0n) is 18.3. The van der Waals surface area contributed by atoms with Gasteiger partial charge in [0.05, 0.1) is 11.6 Å². The van der Waals surface area contributed by atoms with Gasteiger partial charge in [-0.25, -0.2) is 4.39 Å². The minimum absolute atomic E-state index is 0.188. The molecule has 1 saturated heterocycles. The van der Waals surface area contributed by atoms with Crippen molar-refractivity contribution < 1.29 is 4.39 Å². The molecule has 5 nitrogen and oxygen atoms in total. The summed E-state index contributed by atoms with van der Waals surface area (Å²) < 4.78 is 13.1. The van der Waals surface area contributed by atoms with Crippen molar-refractivity contribution in [1.82, 2.24) is 14.7 Å². The predicted molar refractivity (Wildman–Crippen MR) is 120 cm³/mol. The van der Waals surface area contributed by atoms with Crippen molar-refractivity contribution in [3.63, 3.8) is 0 Å². The lowest BCUT2D eigenvalue weighted by atomic mass is 10.1.